The van der Waals surface area contributed by atoms with Gasteiger partial charge in [0.05, 0.1) is 5.02 Å². The molecular formula is C23H28ClN5O. The first-order chi connectivity index (χ1) is 14.6. The molecule has 0 saturated carbocycles. The first kappa shape index (κ1) is 20.8. The van der Waals surface area contributed by atoms with Gasteiger partial charge >= 0.3 is 0 Å². The molecule has 0 atom stereocenters. The third-order valence-electron chi connectivity index (χ3n) is 5.86. The molecule has 30 heavy (non-hydrogen) atoms. The number of halogens is 1. The van der Waals surface area contributed by atoms with Gasteiger partial charge in [0.25, 0.3) is 0 Å². The van der Waals surface area contributed by atoms with Crippen LogP contribution in [0.5, 0.6) is 0 Å². The van der Waals surface area contributed by atoms with E-state index >= 15 is 0 Å². The number of piperazine rings is 1. The summed E-state index contributed by atoms with van der Waals surface area (Å²) in [6.45, 7) is 8.40. The second-order valence-electron chi connectivity index (χ2n) is 7.84. The Balaban J connectivity index is 1.52. The van der Waals surface area contributed by atoms with E-state index in [0.717, 1.165) is 67.9 Å². The molecule has 2 N–H and O–H groups in total. The van der Waals surface area contributed by atoms with E-state index in [2.05, 4.69) is 45.1 Å². The van der Waals surface area contributed by atoms with E-state index < -0.39 is 0 Å². The molecule has 4 rings (SSSR count). The molecule has 7 heteroatoms. The Morgan fingerprint density at radius 2 is 2.03 bits per heavy atom. The molecule has 1 aliphatic heterocycles. The number of nitrogens with one attached hydrogen (secondary N) is 2. The standard InChI is InChI=1S/C23H28ClN5O/c1-3-17-18(22(30)20-15-27-23-19(20)13-16(24)14-26-23)5-4-6-21(17)25-7-8-29-11-9-28(2)10-12-29/h4-6,13-15,25H,3,7-12H2,1-2H3,(H,26,27). The summed E-state index contributed by atoms with van der Waals surface area (Å²) in [4.78, 5) is 25.6. The number of likely N-dealkylation sites (N-methyl/N-ethyl adjacent to an activating group) is 1. The van der Waals surface area contributed by atoms with Gasteiger partial charge in [-0.2, -0.15) is 0 Å². The number of H-pyrrole nitrogens is 1. The van der Waals surface area contributed by atoms with Crippen LogP contribution in [0.15, 0.2) is 36.7 Å². The lowest BCUT2D eigenvalue weighted by molar-refractivity contribution is 0.103. The monoisotopic (exact) mass is 425 g/mol. The number of carbonyl (C=O) groups excluding carboxylic acids is 1. The van der Waals surface area contributed by atoms with Gasteiger partial charge < -0.3 is 15.2 Å². The molecule has 0 bridgehead atoms. The Morgan fingerprint density at radius 1 is 1.23 bits per heavy atom. The average Bonchev–Trinajstić information content (AvgIpc) is 3.17. The number of carbonyl (C=O) groups is 1. The summed E-state index contributed by atoms with van der Waals surface area (Å²) in [6.07, 6.45) is 4.08. The van der Waals surface area contributed by atoms with Crippen LogP contribution in [-0.2, 0) is 6.42 Å². The van der Waals surface area contributed by atoms with Crippen LogP contribution in [0.1, 0.15) is 28.4 Å². The van der Waals surface area contributed by atoms with Gasteiger partial charge in [0.1, 0.15) is 5.65 Å². The number of aromatic amines is 1. The molecule has 3 aromatic rings. The second-order valence-corrected chi connectivity index (χ2v) is 8.27. The smallest absolute Gasteiger partial charge is 0.195 e. The molecule has 0 aliphatic carbocycles. The Bertz CT molecular complexity index is 1040. The summed E-state index contributed by atoms with van der Waals surface area (Å²) in [7, 11) is 2.17. The summed E-state index contributed by atoms with van der Waals surface area (Å²) >= 11 is 6.11. The number of hydrogen-bond acceptors (Lipinski definition) is 5. The molecule has 1 saturated heterocycles. The van der Waals surface area contributed by atoms with E-state index in [0.29, 0.717) is 16.2 Å². The van der Waals surface area contributed by atoms with Crippen molar-refractivity contribution in [1.82, 2.24) is 19.8 Å². The highest BCUT2D eigenvalue weighted by molar-refractivity contribution is 6.31. The van der Waals surface area contributed by atoms with Gasteiger partial charge in [-0.05, 0) is 31.2 Å². The van der Waals surface area contributed by atoms with Gasteiger partial charge in [-0.25, -0.2) is 4.98 Å². The number of fused-ring (bicyclic) bond motifs is 1. The van der Waals surface area contributed by atoms with Gasteiger partial charge in [-0.3, -0.25) is 9.69 Å². The maximum Gasteiger partial charge on any atom is 0.195 e. The van der Waals surface area contributed by atoms with Crippen LogP contribution in [0.4, 0.5) is 5.69 Å². The first-order valence-corrected chi connectivity index (χ1v) is 10.9. The average molecular weight is 426 g/mol. The van der Waals surface area contributed by atoms with Crippen molar-refractivity contribution in [3.63, 3.8) is 0 Å². The molecule has 1 fully saturated rings. The third-order valence-corrected chi connectivity index (χ3v) is 6.06. The highest BCUT2D eigenvalue weighted by Crippen LogP contribution is 2.27. The topological polar surface area (TPSA) is 64.3 Å². The predicted octanol–water partition coefficient (Wildman–Crippen LogP) is 3.67. The van der Waals surface area contributed by atoms with Crippen LogP contribution in [0.25, 0.3) is 11.0 Å². The van der Waals surface area contributed by atoms with Crippen molar-refractivity contribution in [3.05, 3.63) is 58.4 Å². The quantitative estimate of drug-likeness (QED) is 0.565. The lowest BCUT2D eigenvalue weighted by Crippen LogP contribution is -2.45. The number of aromatic nitrogens is 2. The minimum Gasteiger partial charge on any atom is -0.384 e. The van der Waals surface area contributed by atoms with Crippen molar-refractivity contribution in [1.29, 1.82) is 0 Å². The molecule has 1 aliphatic rings. The minimum absolute atomic E-state index is 0.00937. The maximum absolute atomic E-state index is 13.4. The molecule has 3 heterocycles. The van der Waals surface area contributed by atoms with Crippen LogP contribution in [0.3, 0.4) is 0 Å². The van der Waals surface area contributed by atoms with Crippen molar-refractivity contribution in [2.75, 3.05) is 51.6 Å². The van der Waals surface area contributed by atoms with Crippen molar-refractivity contribution in [2.24, 2.45) is 0 Å². The summed E-state index contributed by atoms with van der Waals surface area (Å²) < 4.78 is 0. The van der Waals surface area contributed by atoms with Crippen LogP contribution in [-0.4, -0.2) is 71.9 Å². The van der Waals surface area contributed by atoms with Gasteiger partial charge in [0.2, 0.25) is 0 Å². The zero-order chi connectivity index (χ0) is 21.1. The van der Waals surface area contributed by atoms with E-state index in [-0.39, 0.29) is 5.78 Å². The lowest BCUT2D eigenvalue weighted by Gasteiger charge is -2.32. The number of nitrogens with zero attached hydrogens (tertiary/aromatic N) is 3. The largest absolute Gasteiger partial charge is 0.384 e. The molecular weight excluding hydrogens is 398 g/mol. The number of pyridine rings is 1. The zero-order valence-corrected chi connectivity index (χ0v) is 18.3. The van der Waals surface area contributed by atoms with E-state index in [1.165, 1.54) is 0 Å². The van der Waals surface area contributed by atoms with Crippen LogP contribution in [0, 0.1) is 0 Å². The highest BCUT2D eigenvalue weighted by atomic mass is 35.5. The number of anilines is 1. The van der Waals surface area contributed by atoms with Crippen LogP contribution >= 0.6 is 11.6 Å². The first-order valence-electron chi connectivity index (χ1n) is 10.5. The Morgan fingerprint density at radius 3 is 2.80 bits per heavy atom. The molecule has 1 aromatic carbocycles. The predicted molar refractivity (Wildman–Crippen MR) is 123 cm³/mol. The molecule has 2 aromatic heterocycles. The van der Waals surface area contributed by atoms with Gasteiger partial charge in [0, 0.05) is 73.9 Å². The summed E-state index contributed by atoms with van der Waals surface area (Å²) in [5, 5.41) is 4.83. The maximum atomic E-state index is 13.4. The molecule has 0 amide bonds. The zero-order valence-electron chi connectivity index (χ0n) is 17.5. The minimum atomic E-state index is -0.00937. The number of rotatable bonds is 7. The fourth-order valence-electron chi connectivity index (χ4n) is 4.08. The number of hydrogen-bond donors (Lipinski definition) is 2. The second kappa shape index (κ2) is 9.16. The number of ketones is 1. The number of benzene rings is 1. The molecule has 158 valence electrons. The van der Waals surface area contributed by atoms with Crippen LogP contribution < -0.4 is 5.32 Å². The van der Waals surface area contributed by atoms with Gasteiger partial charge in [-0.15, -0.1) is 0 Å². The normalized spacial score (nSPS) is 15.6. The Hall–Kier alpha value is -2.41. The Kier molecular flexibility index (Phi) is 6.37. The van der Waals surface area contributed by atoms with Gasteiger partial charge in [0.15, 0.2) is 5.78 Å². The van der Waals surface area contributed by atoms with Crippen molar-refractivity contribution in [3.8, 4) is 0 Å². The summed E-state index contributed by atoms with van der Waals surface area (Å²) in [6, 6.07) is 7.71. The molecule has 0 spiro atoms. The Labute approximate surface area is 182 Å². The molecule has 0 radical (unpaired) electrons. The highest BCUT2D eigenvalue weighted by Gasteiger charge is 2.20. The molecule has 0 unspecified atom stereocenters. The summed E-state index contributed by atoms with van der Waals surface area (Å²) in [5.74, 6) is -0.00937. The van der Waals surface area contributed by atoms with Crippen molar-refractivity contribution >= 4 is 34.1 Å². The van der Waals surface area contributed by atoms with Crippen molar-refractivity contribution in [2.45, 2.75) is 13.3 Å². The lowest BCUT2D eigenvalue weighted by atomic mass is 9.95. The summed E-state index contributed by atoms with van der Waals surface area (Å²) in [5.41, 5.74) is 4.08. The van der Waals surface area contributed by atoms with Gasteiger partial charge in [-0.1, -0.05) is 30.7 Å². The fraction of sp³-hybridized carbons (Fsp3) is 0.391. The van der Waals surface area contributed by atoms with Crippen molar-refractivity contribution < 1.29 is 4.79 Å². The third kappa shape index (κ3) is 4.36. The van der Waals surface area contributed by atoms with E-state index in [1.54, 1.807) is 18.5 Å². The molecule has 6 nitrogen and oxygen atoms in total. The van der Waals surface area contributed by atoms with Crippen LogP contribution in [0.2, 0.25) is 5.02 Å². The van der Waals surface area contributed by atoms with E-state index in [4.69, 9.17) is 11.6 Å². The van der Waals surface area contributed by atoms with E-state index in [9.17, 15) is 4.79 Å². The van der Waals surface area contributed by atoms with E-state index in [1.807, 2.05) is 12.1 Å². The fourth-order valence-corrected chi connectivity index (χ4v) is 4.23. The SMILES string of the molecule is CCc1c(NCCN2CCN(C)CC2)cccc1C(=O)c1c[nH]c2ncc(Cl)cc12.